The number of carbonyl (C=O) groups excluding carboxylic acids is 1. The minimum Gasteiger partial charge on any atom is -0.494 e. The molecule has 4 nitrogen and oxygen atoms in total. The Bertz CT molecular complexity index is 357. The topological polar surface area (TPSA) is 50.9 Å². The Labute approximate surface area is 94.6 Å². The van der Waals surface area contributed by atoms with Crippen molar-refractivity contribution in [3.63, 3.8) is 0 Å². The van der Waals surface area contributed by atoms with Crippen molar-refractivity contribution < 1.29 is 14.3 Å². The number of amides is 1. The summed E-state index contributed by atoms with van der Waals surface area (Å²) in [5.41, 5.74) is 0.643. The molecule has 1 N–H and O–H groups in total. The number of hydrogen-bond donors (Lipinski definition) is 1. The molecule has 16 heavy (non-hydrogen) atoms. The summed E-state index contributed by atoms with van der Waals surface area (Å²) in [7, 11) is 0. The van der Waals surface area contributed by atoms with Crippen LogP contribution in [0.3, 0.4) is 0 Å². The predicted octanol–water partition coefficient (Wildman–Crippen LogP) is 1.21. The first-order chi connectivity index (χ1) is 7.79. The fraction of sp³-hybridized carbons (Fsp3) is 0.417. The standard InChI is InChI=1S/C12H15NO3/c1-2-15-10-5-3-9(4-6-10)12(14)13-7-11-8-16-11/h3-6,11H,2,7-8H2,1H3,(H,13,14). The number of epoxide rings is 1. The highest BCUT2D eigenvalue weighted by Crippen LogP contribution is 2.12. The van der Waals surface area contributed by atoms with Gasteiger partial charge >= 0.3 is 0 Å². The molecule has 1 unspecified atom stereocenters. The van der Waals surface area contributed by atoms with E-state index in [9.17, 15) is 4.79 Å². The lowest BCUT2D eigenvalue weighted by molar-refractivity contribution is 0.0950. The van der Waals surface area contributed by atoms with Crippen LogP contribution >= 0.6 is 0 Å². The van der Waals surface area contributed by atoms with Gasteiger partial charge in [0.15, 0.2) is 0 Å². The van der Waals surface area contributed by atoms with Gasteiger partial charge in [-0.05, 0) is 31.2 Å². The van der Waals surface area contributed by atoms with Crippen LogP contribution in [-0.2, 0) is 4.74 Å². The second-order valence-electron chi connectivity index (χ2n) is 3.62. The summed E-state index contributed by atoms with van der Waals surface area (Å²) in [6.45, 7) is 3.90. The van der Waals surface area contributed by atoms with Crippen LogP contribution in [0.5, 0.6) is 5.75 Å². The van der Waals surface area contributed by atoms with Crippen molar-refractivity contribution in [2.24, 2.45) is 0 Å². The molecule has 1 aromatic carbocycles. The van der Waals surface area contributed by atoms with Crippen LogP contribution in [0, 0.1) is 0 Å². The van der Waals surface area contributed by atoms with Crippen LogP contribution in [0.1, 0.15) is 17.3 Å². The maximum absolute atomic E-state index is 11.6. The SMILES string of the molecule is CCOc1ccc(C(=O)NCC2CO2)cc1. The van der Waals surface area contributed by atoms with Gasteiger partial charge in [-0.2, -0.15) is 0 Å². The summed E-state index contributed by atoms with van der Waals surface area (Å²) in [6.07, 6.45) is 0.214. The van der Waals surface area contributed by atoms with Crippen molar-refractivity contribution in [2.75, 3.05) is 19.8 Å². The molecule has 1 aromatic rings. The largest absolute Gasteiger partial charge is 0.494 e. The second-order valence-corrected chi connectivity index (χ2v) is 3.62. The summed E-state index contributed by atoms with van der Waals surface area (Å²) < 4.78 is 10.3. The Balaban J connectivity index is 1.88. The zero-order chi connectivity index (χ0) is 11.4. The van der Waals surface area contributed by atoms with Gasteiger partial charge in [-0.25, -0.2) is 0 Å². The van der Waals surface area contributed by atoms with Crippen LogP contribution in [0.15, 0.2) is 24.3 Å². The molecule has 0 spiro atoms. The van der Waals surface area contributed by atoms with Crippen LogP contribution in [-0.4, -0.2) is 31.8 Å². The van der Waals surface area contributed by atoms with Crippen molar-refractivity contribution in [1.29, 1.82) is 0 Å². The fourth-order valence-corrected chi connectivity index (χ4v) is 1.36. The van der Waals surface area contributed by atoms with E-state index >= 15 is 0 Å². The number of carbonyl (C=O) groups is 1. The summed E-state index contributed by atoms with van der Waals surface area (Å²) in [5.74, 6) is 0.711. The van der Waals surface area contributed by atoms with Gasteiger partial charge in [0, 0.05) is 12.1 Å². The molecular formula is C12H15NO3. The van der Waals surface area contributed by atoms with E-state index in [2.05, 4.69) is 5.32 Å². The fourth-order valence-electron chi connectivity index (χ4n) is 1.36. The average Bonchev–Trinajstić information content (AvgIpc) is 3.11. The van der Waals surface area contributed by atoms with E-state index in [0.717, 1.165) is 12.4 Å². The first kappa shape index (κ1) is 11.0. The van der Waals surface area contributed by atoms with Gasteiger partial charge in [0.1, 0.15) is 5.75 Å². The number of rotatable bonds is 5. The summed E-state index contributed by atoms with van der Waals surface area (Å²) in [6, 6.07) is 7.11. The maximum atomic E-state index is 11.6. The first-order valence-electron chi connectivity index (χ1n) is 5.42. The van der Waals surface area contributed by atoms with Gasteiger partial charge in [-0.3, -0.25) is 4.79 Å². The molecule has 0 aliphatic carbocycles. The second kappa shape index (κ2) is 4.99. The van der Waals surface area contributed by atoms with E-state index in [4.69, 9.17) is 9.47 Å². The minimum atomic E-state index is -0.0708. The summed E-state index contributed by atoms with van der Waals surface area (Å²) in [4.78, 5) is 11.6. The molecule has 1 aliphatic heterocycles. The molecule has 86 valence electrons. The highest BCUT2D eigenvalue weighted by molar-refractivity contribution is 5.94. The van der Waals surface area contributed by atoms with Crippen molar-refractivity contribution in [1.82, 2.24) is 5.32 Å². The molecule has 0 radical (unpaired) electrons. The normalized spacial score (nSPS) is 17.9. The van der Waals surface area contributed by atoms with Gasteiger partial charge in [0.2, 0.25) is 0 Å². The Morgan fingerprint density at radius 1 is 1.50 bits per heavy atom. The monoisotopic (exact) mass is 221 g/mol. The lowest BCUT2D eigenvalue weighted by atomic mass is 10.2. The lowest BCUT2D eigenvalue weighted by Crippen LogP contribution is -2.27. The maximum Gasteiger partial charge on any atom is 0.251 e. The van der Waals surface area contributed by atoms with Crippen molar-refractivity contribution in [3.8, 4) is 5.75 Å². The molecular weight excluding hydrogens is 206 g/mol. The van der Waals surface area contributed by atoms with Crippen LogP contribution < -0.4 is 10.1 Å². The Hall–Kier alpha value is -1.55. The Kier molecular flexibility index (Phi) is 3.41. The molecule has 1 fully saturated rings. The van der Waals surface area contributed by atoms with Crippen LogP contribution in [0.4, 0.5) is 0 Å². The van der Waals surface area contributed by atoms with E-state index < -0.39 is 0 Å². The van der Waals surface area contributed by atoms with E-state index in [1.807, 2.05) is 6.92 Å². The highest BCUT2D eigenvalue weighted by atomic mass is 16.6. The molecule has 0 saturated carbocycles. The molecule has 1 saturated heterocycles. The molecule has 1 heterocycles. The van der Waals surface area contributed by atoms with E-state index in [-0.39, 0.29) is 12.0 Å². The Morgan fingerprint density at radius 2 is 2.19 bits per heavy atom. The Morgan fingerprint density at radius 3 is 2.75 bits per heavy atom. The summed E-state index contributed by atoms with van der Waals surface area (Å²) in [5, 5.41) is 2.81. The molecule has 1 amide bonds. The minimum absolute atomic E-state index is 0.0708. The van der Waals surface area contributed by atoms with Gasteiger partial charge in [-0.1, -0.05) is 0 Å². The van der Waals surface area contributed by atoms with Crippen LogP contribution in [0.25, 0.3) is 0 Å². The van der Waals surface area contributed by atoms with Gasteiger partial charge in [0.25, 0.3) is 5.91 Å². The van der Waals surface area contributed by atoms with Gasteiger partial charge in [-0.15, -0.1) is 0 Å². The molecule has 0 aromatic heterocycles. The molecule has 0 bridgehead atoms. The average molecular weight is 221 g/mol. The van der Waals surface area contributed by atoms with E-state index in [1.54, 1.807) is 24.3 Å². The number of hydrogen-bond acceptors (Lipinski definition) is 3. The first-order valence-corrected chi connectivity index (χ1v) is 5.42. The summed E-state index contributed by atoms with van der Waals surface area (Å²) >= 11 is 0. The zero-order valence-corrected chi connectivity index (χ0v) is 9.23. The van der Waals surface area contributed by atoms with Gasteiger partial charge in [0.05, 0.1) is 19.3 Å². The smallest absolute Gasteiger partial charge is 0.251 e. The van der Waals surface area contributed by atoms with E-state index in [1.165, 1.54) is 0 Å². The third-order valence-corrected chi connectivity index (χ3v) is 2.32. The van der Waals surface area contributed by atoms with Crippen LogP contribution in [0.2, 0.25) is 0 Å². The lowest BCUT2D eigenvalue weighted by Gasteiger charge is -2.05. The molecule has 2 rings (SSSR count). The molecule has 1 atom stereocenters. The third-order valence-electron chi connectivity index (χ3n) is 2.32. The number of nitrogens with one attached hydrogen (secondary N) is 1. The predicted molar refractivity (Wildman–Crippen MR) is 59.7 cm³/mol. The van der Waals surface area contributed by atoms with Crippen molar-refractivity contribution in [3.05, 3.63) is 29.8 Å². The molecule has 4 heteroatoms. The van der Waals surface area contributed by atoms with Crippen molar-refractivity contribution >= 4 is 5.91 Å². The number of ether oxygens (including phenoxy) is 2. The quantitative estimate of drug-likeness (QED) is 0.760. The molecule has 1 aliphatic rings. The van der Waals surface area contributed by atoms with Gasteiger partial charge < -0.3 is 14.8 Å². The van der Waals surface area contributed by atoms with Crippen molar-refractivity contribution in [2.45, 2.75) is 13.0 Å². The third kappa shape index (κ3) is 2.97. The zero-order valence-electron chi connectivity index (χ0n) is 9.23. The number of benzene rings is 1. The highest BCUT2D eigenvalue weighted by Gasteiger charge is 2.22. The van der Waals surface area contributed by atoms with E-state index in [0.29, 0.717) is 18.7 Å².